The van der Waals surface area contributed by atoms with Crippen LogP contribution >= 0.6 is 0 Å². The van der Waals surface area contributed by atoms with Gasteiger partial charge in [-0.25, -0.2) is 4.39 Å². The minimum absolute atomic E-state index is 0.0463. The maximum Gasteiger partial charge on any atom is 0.307 e. The highest BCUT2D eigenvalue weighted by Gasteiger charge is 2.17. The Hall–Kier alpha value is -1.85. The predicted octanol–water partition coefficient (Wildman–Crippen LogP) is 2.39. The van der Waals surface area contributed by atoms with Gasteiger partial charge in [0.1, 0.15) is 12.1 Å². The maximum absolute atomic E-state index is 13.3. The number of rotatable bonds is 5. The zero-order chi connectivity index (χ0) is 12.1. The Kier molecular flexibility index (Phi) is 4.04. The second-order valence-electron chi connectivity index (χ2n) is 3.21. The number of aldehydes is 1. The van der Waals surface area contributed by atoms with Crippen molar-refractivity contribution < 1.29 is 18.5 Å². The summed E-state index contributed by atoms with van der Waals surface area (Å²) in [5.74, 6) is -1.88. The fourth-order valence-electron chi connectivity index (χ4n) is 1.28. The van der Waals surface area contributed by atoms with Crippen LogP contribution < -0.4 is 0 Å². The first-order valence-electron chi connectivity index (χ1n) is 4.62. The first-order chi connectivity index (χ1) is 7.56. The highest BCUT2D eigenvalue weighted by Crippen LogP contribution is 2.22. The van der Waals surface area contributed by atoms with E-state index in [2.05, 4.69) is 0 Å². The number of hydrogen-bond donors (Lipinski definition) is 0. The fourth-order valence-corrected chi connectivity index (χ4v) is 1.28. The molecule has 0 bridgehead atoms. The lowest BCUT2D eigenvalue weighted by Crippen LogP contribution is -1.98. The smallest absolute Gasteiger partial charge is 0.303 e. The molecule has 0 aliphatic rings. The SMILES string of the molecule is O=CCCCc1cc(F)c([N+](=O)[O-])cc1F. The van der Waals surface area contributed by atoms with E-state index >= 15 is 0 Å². The van der Waals surface area contributed by atoms with Crippen LogP contribution in [-0.4, -0.2) is 11.2 Å². The van der Waals surface area contributed by atoms with Gasteiger partial charge in [-0.1, -0.05) is 0 Å². The molecule has 86 valence electrons. The molecule has 0 radical (unpaired) electrons. The average Bonchev–Trinajstić information content (AvgIpc) is 2.22. The summed E-state index contributed by atoms with van der Waals surface area (Å²) < 4.78 is 26.4. The van der Waals surface area contributed by atoms with Gasteiger partial charge in [-0.15, -0.1) is 0 Å². The highest BCUT2D eigenvalue weighted by atomic mass is 19.1. The third kappa shape index (κ3) is 2.82. The molecule has 16 heavy (non-hydrogen) atoms. The van der Waals surface area contributed by atoms with Crippen LogP contribution in [0.2, 0.25) is 0 Å². The summed E-state index contributed by atoms with van der Waals surface area (Å²) in [7, 11) is 0. The number of nitro groups is 1. The van der Waals surface area contributed by atoms with Crippen LogP contribution in [0.4, 0.5) is 14.5 Å². The van der Waals surface area contributed by atoms with Crippen LogP contribution in [0.3, 0.4) is 0 Å². The van der Waals surface area contributed by atoms with Gasteiger partial charge in [-0.3, -0.25) is 10.1 Å². The maximum atomic E-state index is 13.3. The van der Waals surface area contributed by atoms with Gasteiger partial charge in [0.25, 0.3) is 0 Å². The monoisotopic (exact) mass is 229 g/mol. The molecule has 0 unspecified atom stereocenters. The van der Waals surface area contributed by atoms with Crippen LogP contribution in [-0.2, 0) is 11.2 Å². The molecule has 0 saturated carbocycles. The Balaban J connectivity index is 2.92. The molecular weight excluding hydrogens is 220 g/mol. The first-order valence-corrected chi connectivity index (χ1v) is 4.62. The molecule has 0 saturated heterocycles. The molecule has 1 aromatic rings. The van der Waals surface area contributed by atoms with Crippen molar-refractivity contribution in [3.05, 3.63) is 39.4 Å². The molecule has 0 fully saturated rings. The molecule has 0 heterocycles. The Morgan fingerprint density at radius 1 is 1.31 bits per heavy atom. The minimum atomic E-state index is -1.06. The van der Waals surface area contributed by atoms with Crippen LogP contribution in [0.5, 0.6) is 0 Å². The van der Waals surface area contributed by atoms with Crippen LogP contribution in [0.1, 0.15) is 18.4 Å². The lowest BCUT2D eigenvalue weighted by molar-refractivity contribution is -0.387. The number of benzene rings is 1. The van der Waals surface area contributed by atoms with Gasteiger partial charge in [0, 0.05) is 6.42 Å². The molecule has 0 atom stereocenters. The second kappa shape index (κ2) is 5.29. The van der Waals surface area contributed by atoms with Crippen molar-refractivity contribution in [3.63, 3.8) is 0 Å². The van der Waals surface area contributed by atoms with Crippen molar-refractivity contribution in [2.24, 2.45) is 0 Å². The van der Waals surface area contributed by atoms with Crippen molar-refractivity contribution in [1.82, 2.24) is 0 Å². The summed E-state index contributed by atoms with van der Waals surface area (Å²) in [6, 6.07) is 1.36. The van der Waals surface area contributed by atoms with Crippen molar-refractivity contribution in [2.75, 3.05) is 0 Å². The standard InChI is InChI=1S/C10H9F2NO3/c11-8-6-10(13(15)16)9(12)5-7(8)3-1-2-4-14/h4-6H,1-3H2. The van der Waals surface area contributed by atoms with Gasteiger partial charge in [0.2, 0.25) is 5.82 Å². The molecule has 1 aromatic carbocycles. The molecule has 0 aromatic heterocycles. The largest absolute Gasteiger partial charge is 0.307 e. The summed E-state index contributed by atoms with van der Waals surface area (Å²) in [5.41, 5.74) is -0.832. The lowest BCUT2D eigenvalue weighted by atomic mass is 10.1. The fraction of sp³-hybridized carbons (Fsp3) is 0.300. The normalized spacial score (nSPS) is 10.1. The number of unbranched alkanes of at least 4 members (excludes halogenated alkanes) is 1. The van der Waals surface area contributed by atoms with Crippen molar-refractivity contribution in [2.45, 2.75) is 19.3 Å². The third-order valence-electron chi connectivity index (χ3n) is 2.08. The zero-order valence-corrected chi connectivity index (χ0v) is 8.28. The Morgan fingerprint density at radius 3 is 2.56 bits per heavy atom. The van der Waals surface area contributed by atoms with E-state index in [-0.39, 0.29) is 18.4 Å². The van der Waals surface area contributed by atoms with Crippen LogP contribution in [0, 0.1) is 21.7 Å². The number of nitro benzene ring substituents is 1. The number of nitrogens with zero attached hydrogens (tertiary/aromatic N) is 1. The number of aryl methyl sites for hydroxylation is 1. The quantitative estimate of drug-likeness (QED) is 0.337. The Labute approximate surface area is 90.0 Å². The van der Waals surface area contributed by atoms with Gasteiger partial charge in [0.15, 0.2) is 0 Å². The third-order valence-corrected chi connectivity index (χ3v) is 2.08. The summed E-state index contributed by atoms with van der Waals surface area (Å²) >= 11 is 0. The second-order valence-corrected chi connectivity index (χ2v) is 3.21. The lowest BCUT2D eigenvalue weighted by Gasteiger charge is -2.02. The number of carbonyl (C=O) groups is 1. The van der Waals surface area contributed by atoms with Gasteiger partial charge < -0.3 is 4.79 Å². The zero-order valence-electron chi connectivity index (χ0n) is 8.28. The molecule has 0 N–H and O–H groups in total. The molecule has 4 nitrogen and oxygen atoms in total. The summed E-state index contributed by atoms with van der Waals surface area (Å²) in [5, 5.41) is 10.3. The van der Waals surface area contributed by atoms with Crippen molar-refractivity contribution >= 4 is 12.0 Å². The van der Waals surface area contributed by atoms with E-state index in [1.165, 1.54) is 0 Å². The number of hydrogen-bond acceptors (Lipinski definition) is 3. The van der Waals surface area contributed by atoms with E-state index in [1.54, 1.807) is 0 Å². The predicted molar refractivity (Wildman–Crippen MR) is 52.0 cm³/mol. The molecule has 0 amide bonds. The Morgan fingerprint density at radius 2 is 2.00 bits per heavy atom. The molecule has 6 heteroatoms. The first kappa shape index (κ1) is 12.2. The number of halogens is 2. The topological polar surface area (TPSA) is 60.2 Å². The van der Waals surface area contributed by atoms with Gasteiger partial charge in [0.05, 0.1) is 11.0 Å². The summed E-state index contributed by atoms with van der Waals surface area (Å²) in [4.78, 5) is 19.4. The molecule has 0 spiro atoms. The van der Waals surface area contributed by atoms with E-state index in [9.17, 15) is 23.7 Å². The number of carbonyl (C=O) groups excluding carboxylic acids is 1. The van der Waals surface area contributed by atoms with Gasteiger partial charge >= 0.3 is 5.69 Å². The Bertz CT molecular complexity index is 421. The molecular formula is C10H9F2NO3. The van der Waals surface area contributed by atoms with Crippen molar-refractivity contribution in [1.29, 1.82) is 0 Å². The van der Waals surface area contributed by atoms with Crippen LogP contribution in [0.15, 0.2) is 12.1 Å². The van der Waals surface area contributed by atoms with E-state index in [0.717, 1.165) is 6.07 Å². The van der Waals surface area contributed by atoms with Crippen LogP contribution in [0.25, 0.3) is 0 Å². The molecule has 0 aliphatic heterocycles. The summed E-state index contributed by atoms with van der Waals surface area (Å²) in [6.45, 7) is 0. The highest BCUT2D eigenvalue weighted by molar-refractivity contribution is 5.49. The van der Waals surface area contributed by atoms with E-state index in [1.807, 2.05) is 0 Å². The van der Waals surface area contributed by atoms with Gasteiger partial charge in [-0.05, 0) is 24.5 Å². The van der Waals surface area contributed by atoms with E-state index in [4.69, 9.17) is 0 Å². The van der Waals surface area contributed by atoms with Crippen molar-refractivity contribution in [3.8, 4) is 0 Å². The minimum Gasteiger partial charge on any atom is -0.303 e. The van der Waals surface area contributed by atoms with Gasteiger partial charge in [-0.2, -0.15) is 4.39 Å². The average molecular weight is 229 g/mol. The van der Waals surface area contributed by atoms with E-state index in [0.29, 0.717) is 18.8 Å². The van der Waals surface area contributed by atoms with E-state index < -0.39 is 22.2 Å². The molecule has 1 rings (SSSR count). The summed E-state index contributed by atoms with van der Waals surface area (Å²) in [6.07, 6.45) is 1.49. The molecule has 0 aliphatic carbocycles.